The van der Waals surface area contributed by atoms with Crippen LogP contribution in [0, 0.1) is 18.6 Å². The van der Waals surface area contributed by atoms with E-state index in [1.807, 2.05) is 0 Å². The highest BCUT2D eigenvalue weighted by Gasteiger charge is 2.35. The van der Waals surface area contributed by atoms with Gasteiger partial charge in [-0.3, -0.25) is 0 Å². The smallest absolute Gasteiger partial charge is 0.416 e. The van der Waals surface area contributed by atoms with Crippen molar-refractivity contribution in [3.8, 4) is 11.5 Å². The number of carbonyl (C=O) groups is 2. The molecule has 0 unspecified atom stereocenters. The van der Waals surface area contributed by atoms with Crippen LogP contribution >= 0.6 is 0 Å². The zero-order valence-electron chi connectivity index (χ0n) is 18.1. The van der Waals surface area contributed by atoms with E-state index < -0.39 is 41.1 Å². The molecule has 34 heavy (non-hydrogen) atoms. The zero-order valence-corrected chi connectivity index (χ0v) is 18.1. The third-order valence-corrected chi connectivity index (χ3v) is 4.78. The molecule has 0 saturated carbocycles. The molecule has 3 rings (SSSR count). The number of ether oxygens (including phenoxy) is 4. The van der Waals surface area contributed by atoms with Gasteiger partial charge in [-0.05, 0) is 36.8 Å². The second kappa shape index (κ2) is 9.67. The molecule has 1 aliphatic rings. The standard InChI is InChI=1S/C22H18F5NO6/c1-11-4-5-17(34-19-14(23)7-12(8-15(19)24)22(25,26)27)16(6-11)28-10-33-9-13(20(29)31-2)18(28)21(30)32-3/h4-8H,9-10H2,1-3H3. The number of anilines is 1. The topological polar surface area (TPSA) is 74.3 Å². The van der Waals surface area contributed by atoms with E-state index in [9.17, 15) is 31.5 Å². The predicted molar refractivity (Wildman–Crippen MR) is 107 cm³/mol. The summed E-state index contributed by atoms with van der Waals surface area (Å²) in [6.45, 7) is 1.10. The summed E-state index contributed by atoms with van der Waals surface area (Å²) in [5.41, 5.74) is -1.32. The van der Waals surface area contributed by atoms with Crippen LogP contribution in [0.1, 0.15) is 11.1 Å². The molecule has 0 radical (unpaired) electrons. The predicted octanol–water partition coefficient (Wildman–Crippen LogP) is 4.48. The van der Waals surface area contributed by atoms with Gasteiger partial charge in [0.2, 0.25) is 0 Å². The molecule has 0 amide bonds. The van der Waals surface area contributed by atoms with E-state index in [0.717, 1.165) is 14.2 Å². The molecular formula is C22H18F5NO6. The van der Waals surface area contributed by atoms with E-state index >= 15 is 0 Å². The van der Waals surface area contributed by atoms with Gasteiger partial charge in [0, 0.05) is 0 Å². The van der Waals surface area contributed by atoms with Crippen molar-refractivity contribution in [2.75, 3.05) is 32.5 Å². The molecule has 0 bridgehead atoms. The number of hydrogen-bond acceptors (Lipinski definition) is 7. The number of halogens is 5. The number of esters is 2. The Morgan fingerprint density at radius 3 is 2.18 bits per heavy atom. The van der Waals surface area contributed by atoms with Gasteiger partial charge < -0.3 is 23.8 Å². The number of benzene rings is 2. The number of aryl methyl sites for hydroxylation is 1. The molecule has 1 aliphatic heterocycles. The molecule has 2 aromatic rings. The molecule has 1 heterocycles. The van der Waals surface area contributed by atoms with Gasteiger partial charge in [-0.15, -0.1) is 0 Å². The highest BCUT2D eigenvalue weighted by Crippen LogP contribution is 2.40. The van der Waals surface area contributed by atoms with E-state index in [2.05, 4.69) is 4.74 Å². The summed E-state index contributed by atoms with van der Waals surface area (Å²) in [6.07, 6.45) is -4.97. The molecule has 0 fully saturated rings. The molecule has 2 aromatic carbocycles. The summed E-state index contributed by atoms with van der Waals surface area (Å²) >= 11 is 0. The summed E-state index contributed by atoms with van der Waals surface area (Å²) in [5, 5.41) is 0. The first kappa shape index (κ1) is 25.0. The Kier molecular flexibility index (Phi) is 7.10. The molecule has 0 N–H and O–H groups in total. The molecule has 12 heteroatoms. The van der Waals surface area contributed by atoms with Crippen molar-refractivity contribution in [1.29, 1.82) is 0 Å². The van der Waals surface area contributed by atoms with Gasteiger partial charge in [0.05, 0.1) is 37.7 Å². The normalized spacial score (nSPS) is 14.2. The Morgan fingerprint density at radius 1 is 1.00 bits per heavy atom. The molecule has 182 valence electrons. The largest absolute Gasteiger partial charge is 0.466 e. The first-order valence-electron chi connectivity index (χ1n) is 9.57. The molecule has 0 aliphatic carbocycles. The summed E-state index contributed by atoms with van der Waals surface area (Å²) < 4.78 is 87.5. The van der Waals surface area contributed by atoms with Gasteiger partial charge in [-0.2, -0.15) is 13.2 Å². The lowest BCUT2D eigenvalue weighted by atomic mass is 10.1. The quantitative estimate of drug-likeness (QED) is 0.455. The van der Waals surface area contributed by atoms with Crippen LogP contribution in [0.25, 0.3) is 0 Å². The number of carbonyl (C=O) groups excluding carboxylic acids is 2. The summed E-state index contributed by atoms with van der Waals surface area (Å²) in [7, 11) is 2.18. The van der Waals surface area contributed by atoms with Crippen LogP contribution in [0.2, 0.25) is 0 Å². The molecule has 0 aromatic heterocycles. The van der Waals surface area contributed by atoms with E-state index in [-0.39, 0.29) is 48.2 Å². The molecule has 7 nitrogen and oxygen atoms in total. The Labute approximate surface area is 190 Å². The van der Waals surface area contributed by atoms with Crippen LogP contribution in [0.3, 0.4) is 0 Å². The molecule has 0 saturated heterocycles. The van der Waals surface area contributed by atoms with E-state index in [1.165, 1.54) is 23.1 Å². The maximum atomic E-state index is 14.4. The second-order valence-electron chi connectivity index (χ2n) is 7.06. The van der Waals surface area contributed by atoms with Crippen LogP contribution in [0.5, 0.6) is 11.5 Å². The van der Waals surface area contributed by atoms with Gasteiger partial charge in [0.15, 0.2) is 23.1 Å². The van der Waals surface area contributed by atoms with Crippen LogP contribution in [0.15, 0.2) is 41.6 Å². The Hall–Kier alpha value is -3.67. The van der Waals surface area contributed by atoms with Gasteiger partial charge in [0.25, 0.3) is 0 Å². The molecule has 0 atom stereocenters. The first-order chi connectivity index (χ1) is 16.0. The van der Waals surface area contributed by atoms with E-state index in [1.54, 1.807) is 6.92 Å². The summed E-state index contributed by atoms with van der Waals surface area (Å²) in [4.78, 5) is 25.9. The monoisotopic (exact) mass is 487 g/mol. The fraction of sp³-hybridized carbons (Fsp3) is 0.273. The van der Waals surface area contributed by atoms with Crippen molar-refractivity contribution in [3.05, 3.63) is 64.4 Å². The van der Waals surface area contributed by atoms with Gasteiger partial charge >= 0.3 is 18.1 Å². The Bertz CT molecular complexity index is 1140. The highest BCUT2D eigenvalue weighted by atomic mass is 19.4. The summed E-state index contributed by atoms with van der Waals surface area (Å²) in [5.74, 6) is -6.31. The van der Waals surface area contributed by atoms with Gasteiger partial charge in [-0.25, -0.2) is 18.4 Å². The number of nitrogens with zero attached hydrogens (tertiary/aromatic N) is 1. The first-order valence-corrected chi connectivity index (χ1v) is 9.57. The van der Waals surface area contributed by atoms with Crippen molar-refractivity contribution in [3.63, 3.8) is 0 Å². The Morgan fingerprint density at radius 2 is 1.62 bits per heavy atom. The lowest BCUT2D eigenvalue weighted by Gasteiger charge is -2.32. The minimum atomic E-state index is -4.97. The fourth-order valence-corrected chi connectivity index (χ4v) is 3.19. The summed E-state index contributed by atoms with van der Waals surface area (Å²) in [6, 6.07) is 4.47. The van der Waals surface area contributed by atoms with Gasteiger partial charge in [-0.1, -0.05) is 6.07 Å². The maximum Gasteiger partial charge on any atom is 0.416 e. The van der Waals surface area contributed by atoms with Crippen LogP contribution in [0.4, 0.5) is 27.6 Å². The number of alkyl halides is 3. The van der Waals surface area contributed by atoms with E-state index in [4.69, 9.17) is 14.2 Å². The van der Waals surface area contributed by atoms with Crippen LogP contribution in [-0.2, 0) is 30.0 Å². The maximum absolute atomic E-state index is 14.4. The van der Waals surface area contributed by atoms with E-state index in [0.29, 0.717) is 5.56 Å². The number of hydrogen-bond donors (Lipinski definition) is 0. The van der Waals surface area contributed by atoms with Crippen molar-refractivity contribution in [2.24, 2.45) is 0 Å². The third-order valence-electron chi connectivity index (χ3n) is 4.78. The number of methoxy groups -OCH3 is 2. The van der Waals surface area contributed by atoms with Crippen molar-refractivity contribution >= 4 is 17.6 Å². The average molecular weight is 487 g/mol. The molecular weight excluding hydrogens is 469 g/mol. The highest BCUT2D eigenvalue weighted by molar-refractivity contribution is 6.03. The Balaban J connectivity index is 2.13. The fourth-order valence-electron chi connectivity index (χ4n) is 3.19. The third kappa shape index (κ3) is 4.96. The van der Waals surface area contributed by atoms with Crippen LogP contribution in [-0.4, -0.2) is 39.5 Å². The lowest BCUT2D eigenvalue weighted by Crippen LogP contribution is -2.39. The minimum absolute atomic E-state index is 0.0280. The lowest BCUT2D eigenvalue weighted by molar-refractivity contribution is -0.140. The molecule has 0 spiro atoms. The number of rotatable bonds is 5. The average Bonchev–Trinajstić information content (AvgIpc) is 2.79. The van der Waals surface area contributed by atoms with Crippen molar-refractivity contribution in [2.45, 2.75) is 13.1 Å². The second-order valence-corrected chi connectivity index (χ2v) is 7.06. The van der Waals surface area contributed by atoms with Crippen molar-refractivity contribution in [1.82, 2.24) is 0 Å². The zero-order chi connectivity index (χ0) is 25.2. The SMILES string of the molecule is COC(=O)C1=C(C(=O)OC)N(c2cc(C)ccc2Oc2c(F)cc(C(F)(F)F)cc2F)COC1. The van der Waals surface area contributed by atoms with Crippen LogP contribution < -0.4 is 9.64 Å². The van der Waals surface area contributed by atoms with Gasteiger partial charge in [0.1, 0.15) is 12.4 Å². The minimum Gasteiger partial charge on any atom is -0.466 e. The van der Waals surface area contributed by atoms with Crippen molar-refractivity contribution < 1.29 is 50.5 Å².